The minimum Gasteiger partial charge on any atom is -0.380 e. The van der Waals surface area contributed by atoms with Gasteiger partial charge in [-0.25, -0.2) is 4.98 Å². The van der Waals surface area contributed by atoms with Crippen molar-refractivity contribution in [2.75, 3.05) is 18.5 Å². The van der Waals surface area contributed by atoms with E-state index < -0.39 is 0 Å². The van der Waals surface area contributed by atoms with Gasteiger partial charge in [0.2, 0.25) is 5.91 Å². The molecule has 1 fully saturated rings. The van der Waals surface area contributed by atoms with E-state index in [2.05, 4.69) is 40.1 Å². The Morgan fingerprint density at radius 3 is 3.04 bits per heavy atom. The number of aliphatic imine (C=N–C) groups is 1. The lowest BCUT2D eigenvalue weighted by Crippen LogP contribution is -2.31. The molecular formula is C21H26N4O2. The molecule has 1 saturated heterocycles. The predicted octanol–water partition coefficient (Wildman–Crippen LogP) is 3.79. The summed E-state index contributed by atoms with van der Waals surface area (Å²) in [7, 11) is 2.02. The molecule has 4 heterocycles. The number of anilines is 1. The number of ether oxygens (including phenoxy) is 1. The van der Waals surface area contributed by atoms with E-state index in [4.69, 9.17) is 9.73 Å². The molecule has 2 atom stereocenters. The number of carbonyl (C=O) groups is 1. The van der Waals surface area contributed by atoms with Gasteiger partial charge in [-0.15, -0.1) is 0 Å². The van der Waals surface area contributed by atoms with Crippen molar-refractivity contribution in [3.8, 4) is 0 Å². The van der Waals surface area contributed by atoms with Crippen molar-refractivity contribution in [3.05, 3.63) is 36.2 Å². The number of fused-ring (bicyclic) bond motifs is 1. The van der Waals surface area contributed by atoms with E-state index >= 15 is 0 Å². The molecule has 0 aromatic carbocycles. The van der Waals surface area contributed by atoms with E-state index in [1.54, 1.807) is 0 Å². The van der Waals surface area contributed by atoms with Gasteiger partial charge < -0.3 is 14.6 Å². The van der Waals surface area contributed by atoms with E-state index in [1.165, 1.54) is 12.5 Å². The number of allylic oxidation sites excluding steroid dienone is 1. The van der Waals surface area contributed by atoms with Gasteiger partial charge in [-0.05, 0) is 31.4 Å². The second kappa shape index (κ2) is 6.93. The molecule has 27 heavy (non-hydrogen) atoms. The molecule has 2 aromatic heterocycles. The van der Waals surface area contributed by atoms with Crippen molar-refractivity contribution in [1.82, 2.24) is 9.55 Å². The van der Waals surface area contributed by atoms with Crippen LogP contribution in [0, 0.1) is 5.41 Å². The number of amides is 1. The molecule has 4 rings (SSSR count). The fourth-order valence-corrected chi connectivity index (χ4v) is 4.17. The van der Waals surface area contributed by atoms with Crippen molar-refractivity contribution in [2.45, 2.75) is 39.2 Å². The smallest absolute Gasteiger partial charge is 0.222 e. The summed E-state index contributed by atoms with van der Waals surface area (Å²) in [4.78, 5) is 20.9. The Kier molecular flexibility index (Phi) is 4.60. The molecule has 142 valence electrons. The SMILES string of the molecule is CC[C@]1(C2=NC(c3cn(C)c4cnc(NC(C)=O)cc34)CC=C2)CCOC1. The Hall–Kier alpha value is -2.47. The second-order valence-corrected chi connectivity index (χ2v) is 7.57. The van der Waals surface area contributed by atoms with Gasteiger partial charge in [-0.2, -0.15) is 0 Å². The van der Waals surface area contributed by atoms with Crippen molar-refractivity contribution >= 4 is 28.3 Å². The number of hydrogen-bond acceptors (Lipinski definition) is 4. The first-order valence-corrected chi connectivity index (χ1v) is 9.57. The number of nitrogens with zero attached hydrogens (tertiary/aromatic N) is 3. The first-order valence-electron chi connectivity index (χ1n) is 9.57. The Morgan fingerprint density at radius 1 is 1.48 bits per heavy atom. The van der Waals surface area contributed by atoms with Gasteiger partial charge in [-0.3, -0.25) is 9.79 Å². The normalized spacial score (nSPS) is 25.0. The van der Waals surface area contributed by atoms with Crippen LogP contribution in [0.4, 0.5) is 5.82 Å². The average molecular weight is 366 g/mol. The Bertz CT molecular complexity index is 935. The van der Waals surface area contributed by atoms with Crippen LogP contribution in [-0.2, 0) is 16.6 Å². The zero-order chi connectivity index (χ0) is 19.0. The third kappa shape index (κ3) is 3.18. The van der Waals surface area contributed by atoms with Crippen LogP contribution in [-0.4, -0.2) is 34.4 Å². The van der Waals surface area contributed by atoms with E-state index in [0.29, 0.717) is 5.82 Å². The monoisotopic (exact) mass is 366 g/mol. The highest BCUT2D eigenvalue weighted by atomic mass is 16.5. The largest absolute Gasteiger partial charge is 0.380 e. The summed E-state index contributed by atoms with van der Waals surface area (Å²) < 4.78 is 7.79. The molecule has 0 radical (unpaired) electrons. The number of hydrogen-bond donors (Lipinski definition) is 1. The maximum atomic E-state index is 11.4. The zero-order valence-corrected chi connectivity index (χ0v) is 16.2. The van der Waals surface area contributed by atoms with Gasteiger partial charge in [0.25, 0.3) is 0 Å². The number of aromatic nitrogens is 2. The van der Waals surface area contributed by atoms with E-state index in [0.717, 1.165) is 49.1 Å². The lowest BCUT2D eigenvalue weighted by Gasteiger charge is -2.29. The molecule has 0 saturated carbocycles. The summed E-state index contributed by atoms with van der Waals surface area (Å²) in [5.41, 5.74) is 3.42. The molecule has 6 heteroatoms. The van der Waals surface area contributed by atoms with Gasteiger partial charge in [0.1, 0.15) is 5.82 Å². The summed E-state index contributed by atoms with van der Waals surface area (Å²) in [5.74, 6) is 0.457. The Balaban J connectivity index is 1.75. The van der Waals surface area contributed by atoms with Crippen LogP contribution < -0.4 is 5.32 Å². The molecule has 1 unspecified atom stereocenters. The third-order valence-corrected chi connectivity index (χ3v) is 5.82. The van der Waals surface area contributed by atoms with Crippen molar-refractivity contribution in [2.24, 2.45) is 17.5 Å². The Morgan fingerprint density at radius 2 is 2.33 bits per heavy atom. The number of rotatable bonds is 4. The minimum atomic E-state index is -0.119. The van der Waals surface area contributed by atoms with Crippen LogP contribution in [0.25, 0.3) is 10.9 Å². The molecule has 1 amide bonds. The van der Waals surface area contributed by atoms with Gasteiger partial charge in [-0.1, -0.05) is 13.0 Å². The number of pyridine rings is 1. The maximum Gasteiger partial charge on any atom is 0.222 e. The molecule has 1 N–H and O–H groups in total. The highest BCUT2D eigenvalue weighted by Crippen LogP contribution is 2.40. The highest BCUT2D eigenvalue weighted by Gasteiger charge is 2.38. The lowest BCUT2D eigenvalue weighted by molar-refractivity contribution is -0.114. The van der Waals surface area contributed by atoms with Crippen LogP contribution in [0.1, 0.15) is 44.7 Å². The fourth-order valence-electron chi connectivity index (χ4n) is 4.17. The summed E-state index contributed by atoms with van der Waals surface area (Å²) in [6, 6.07) is 2.03. The molecular weight excluding hydrogens is 340 g/mol. The fraction of sp³-hybridized carbons (Fsp3) is 0.476. The van der Waals surface area contributed by atoms with Gasteiger partial charge in [0, 0.05) is 48.9 Å². The minimum absolute atomic E-state index is 0.0443. The second-order valence-electron chi connectivity index (χ2n) is 7.57. The summed E-state index contributed by atoms with van der Waals surface area (Å²) >= 11 is 0. The van der Waals surface area contributed by atoms with Crippen LogP contribution in [0.15, 0.2) is 35.6 Å². The highest BCUT2D eigenvalue weighted by molar-refractivity contribution is 6.01. The molecule has 6 nitrogen and oxygen atoms in total. The van der Waals surface area contributed by atoms with Gasteiger partial charge >= 0.3 is 0 Å². The number of nitrogens with one attached hydrogen (secondary N) is 1. The average Bonchev–Trinajstić information content (AvgIpc) is 3.27. The van der Waals surface area contributed by atoms with Crippen LogP contribution in [0.3, 0.4) is 0 Å². The number of dihydropyridines is 1. The molecule has 0 bridgehead atoms. The first-order chi connectivity index (χ1) is 13.0. The van der Waals surface area contributed by atoms with Crippen molar-refractivity contribution < 1.29 is 9.53 Å². The lowest BCUT2D eigenvalue weighted by atomic mass is 9.78. The number of carbonyl (C=O) groups excluding carboxylic acids is 1. The standard InChI is InChI=1S/C21H26N4O2/c1-4-21(8-9-27-13-21)19-7-5-6-17(24-19)16-12-25(3)18-11-22-20(10-15(16)18)23-14(2)26/h5,7,10-12,17H,4,6,8-9,13H2,1-3H3,(H,22,23,26)/t17?,21-/m0/s1. The predicted molar refractivity (Wildman–Crippen MR) is 107 cm³/mol. The van der Waals surface area contributed by atoms with Crippen molar-refractivity contribution in [3.63, 3.8) is 0 Å². The maximum absolute atomic E-state index is 11.4. The van der Waals surface area contributed by atoms with Crippen LogP contribution in [0.2, 0.25) is 0 Å². The van der Waals surface area contributed by atoms with Gasteiger partial charge in [0.15, 0.2) is 0 Å². The van der Waals surface area contributed by atoms with Crippen molar-refractivity contribution in [1.29, 1.82) is 0 Å². The summed E-state index contributed by atoms with van der Waals surface area (Å²) in [6.45, 7) is 5.28. The van der Waals surface area contributed by atoms with Crippen LogP contribution in [0.5, 0.6) is 0 Å². The van der Waals surface area contributed by atoms with Crippen LogP contribution >= 0.6 is 0 Å². The first kappa shape index (κ1) is 17.9. The van der Waals surface area contributed by atoms with E-state index in [1.807, 2.05) is 19.3 Å². The molecule has 2 aromatic rings. The quantitative estimate of drug-likeness (QED) is 0.895. The van der Waals surface area contributed by atoms with Gasteiger partial charge in [0.05, 0.1) is 24.4 Å². The molecule has 2 aliphatic rings. The summed E-state index contributed by atoms with van der Waals surface area (Å²) in [6.07, 6.45) is 11.3. The molecule has 0 aliphatic carbocycles. The summed E-state index contributed by atoms with van der Waals surface area (Å²) in [5, 5.41) is 3.87. The topological polar surface area (TPSA) is 68.5 Å². The molecule has 0 spiro atoms. The Labute approximate surface area is 159 Å². The van der Waals surface area contributed by atoms with E-state index in [9.17, 15) is 4.79 Å². The third-order valence-electron chi connectivity index (χ3n) is 5.82. The molecule has 2 aliphatic heterocycles. The van der Waals surface area contributed by atoms with E-state index in [-0.39, 0.29) is 17.4 Å². The zero-order valence-electron chi connectivity index (χ0n) is 16.2. The number of aryl methyl sites for hydroxylation is 1.